The summed E-state index contributed by atoms with van der Waals surface area (Å²) in [7, 11) is 0. The van der Waals surface area contributed by atoms with Gasteiger partial charge in [0.2, 0.25) is 17.7 Å². The molecule has 7 heteroatoms. The lowest BCUT2D eigenvalue weighted by atomic mass is 10.1. The van der Waals surface area contributed by atoms with Gasteiger partial charge in [0.1, 0.15) is 5.52 Å². The highest BCUT2D eigenvalue weighted by atomic mass is 35.5. The number of nitrogens with two attached hydrogens (primary N) is 1. The summed E-state index contributed by atoms with van der Waals surface area (Å²) in [6.45, 7) is 0.290. The van der Waals surface area contributed by atoms with Crippen LogP contribution in [0.3, 0.4) is 0 Å². The van der Waals surface area contributed by atoms with Gasteiger partial charge in [-0.2, -0.15) is 0 Å². The van der Waals surface area contributed by atoms with Gasteiger partial charge in [0.15, 0.2) is 5.58 Å². The zero-order chi connectivity index (χ0) is 17.6. The van der Waals surface area contributed by atoms with Crippen molar-refractivity contribution in [1.82, 2.24) is 4.98 Å². The number of hydrogen-bond acceptors (Lipinski definition) is 4. The summed E-state index contributed by atoms with van der Waals surface area (Å²) in [6, 6.07) is 12.5. The van der Waals surface area contributed by atoms with Crippen molar-refractivity contribution < 1.29 is 14.0 Å². The van der Waals surface area contributed by atoms with Gasteiger partial charge in [0.25, 0.3) is 0 Å². The van der Waals surface area contributed by atoms with Crippen molar-refractivity contribution >= 4 is 40.2 Å². The second-order valence-corrected chi connectivity index (χ2v) is 6.43. The number of rotatable bonds is 3. The fraction of sp³-hybridized carbons (Fsp3) is 0.167. The van der Waals surface area contributed by atoms with Crippen molar-refractivity contribution in [2.24, 2.45) is 11.7 Å². The quantitative estimate of drug-likeness (QED) is 0.782. The van der Waals surface area contributed by atoms with Gasteiger partial charge in [-0.25, -0.2) is 4.98 Å². The number of nitrogens with zero attached hydrogens (tertiary/aromatic N) is 2. The average molecular weight is 356 g/mol. The second-order valence-electron chi connectivity index (χ2n) is 5.99. The Kier molecular flexibility index (Phi) is 3.69. The van der Waals surface area contributed by atoms with E-state index in [0.29, 0.717) is 34.2 Å². The lowest BCUT2D eigenvalue weighted by Crippen LogP contribution is -2.28. The normalized spacial score (nSPS) is 17.4. The predicted octanol–water partition coefficient (Wildman–Crippen LogP) is 2.99. The Morgan fingerprint density at radius 3 is 2.84 bits per heavy atom. The summed E-state index contributed by atoms with van der Waals surface area (Å²) >= 11 is 6.01. The first-order valence-corrected chi connectivity index (χ1v) is 8.15. The molecule has 25 heavy (non-hydrogen) atoms. The first-order chi connectivity index (χ1) is 12.0. The number of primary amides is 1. The van der Waals surface area contributed by atoms with Crippen LogP contribution in [-0.4, -0.2) is 23.3 Å². The van der Waals surface area contributed by atoms with Gasteiger partial charge < -0.3 is 15.1 Å². The molecule has 126 valence electrons. The third kappa shape index (κ3) is 2.85. The third-order valence-corrected chi connectivity index (χ3v) is 4.52. The smallest absolute Gasteiger partial charge is 0.227 e. The van der Waals surface area contributed by atoms with E-state index in [1.165, 1.54) is 0 Å². The summed E-state index contributed by atoms with van der Waals surface area (Å²) < 4.78 is 5.77. The summed E-state index contributed by atoms with van der Waals surface area (Å²) in [5.74, 6) is -0.580. The largest absolute Gasteiger partial charge is 0.436 e. The molecule has 1 aliphatic heterocycles. The Labute approximate surface area is 148 Å². The van der Waals surface area contributed by atoms with Crippen molar-refractivity contribution in [3.8, 4) is 11.5 Å². The fourth-order valence-electron chi connectivity index (χ4n) is 2.98. The van der Waals surface area contributed by atoms with Crippen molar-refractivity contribution in [1.29, 1.82) is 0 Å². The standard InChI is InChI=1S/C18H14ClN3O3/c19-12-3-1-2-10(6-12)18-21-14-8-13(4-5-15(14)25-18)22-9-11(17(20)24)7-16(22)23/h1-6,8,11H,7,9H2,(H2,20,24)/t11-/m1/s1. The van der Waals surface area contributed by atoms with Crippen molar-refractivity contribution in [2.45, 2.75) is 6.42 Å². The lowest BCUT2D eigenvalue weighted by molar-refractivity contribution is -0.123. The zero-order valence-corrected chi connectivity index (χ0v) is 13.9. The Hall–Kier alpha value is -2.86. The van der Waals surface area contributed by atoms with E-state index < -0.39 is 11.8 Å². The molecule has 0 radical (unpaired) electrons. The maximum Gasteiger partial charge on any atom is 0.227 e. The summed E-state index contributed by atoms with van der Waals surface area (Å²) in [5.41, 5.74) is 8.00. The van der Waals surface area contributed by atoms with Crippen molar-refractivity contribution in [3.05, 3.63) is 47.5 Å². The lowest BCUT2D eigenvalue weighted by Gasteiger charge is -2.15. The van der Waals surface area contributed by atoms with E-state index >= 15 is 0 Å². The molecule has 0 bridgehead atoms. The van der Waals surface area contributed by atoms with Crippen molar-refractivity contribution in [2.75, 3.05) is 11.4 Å². The number of anilines is 1. The van der Waals surface area contributed by atoms with Crippen LogP contribution in [0.1, 0.15) is 6.42 Å². The van der Waals surface area contributed by atoms with E-state index in [9.17, 15) is 9.59 Å². The Bertz CT molecular complexity index is 998. The Morgan fingerprint density at radius 2 is 2.12 bits per heavy atom. The van der Waals surface area contributed by atoms with Crippen LogP contribution in [0.4, 0.5) is 5.69 Å². The monoisotopic (exact) mass is 355 g/mol. The van der Waals surface area contributed by atoms with Gasteiger partial charge in [-0.15, -0.1) is 0 Å². The molecular formula is C18H14ClN3O3. The van der Waals surface area contributed by atoms with Crippen LogP contribution in [-0.2, 0) is 9.59 Å². The average Bonchev–Trinajstić information content (AvgIpc) is 3.17. The van der Waals surface area contributed by atoms with E-state index in [4.69, 9.17) is 21.8 Å². The van der Waals surface area contributed by atoms with Gasteiger partial charge in [-0.1, -0.05) is 17.7 Å². The van der Waals surface area contributed by atoms with E-state index in [-0.39, 0.29) is 12.3 Å². The highest BCUT2D eigenvalue weighted by Crippen LogP contribution is 2.31. The maximum absolute atomic E-state index is 12.1. The molecule has 2 aromatic carbocycles. The summed E-state index contributed by atoms with van der Waals surface area (Å²) in [5, 5.41) is 0.598. The van der Waals surface area contributed by atoms with Crippen LogP contribution in [0.25, 0.3) is 22.6 Å². The number of hydrogen-bond donors (Lipinski definition) is 1. The molecule has 6 nitrogen and oxygen atoms in total. The third-order valence-electron chi connectivity index (χ3n) is 4.28. The fourth-order valence-corrected chi connectivity index (χ4v) is 3.17. The van der Waals surface area contributed by atoms with Crippen LogP contribution in [0.5, 0.6) is 0 Å². The summed E-state index contributed by atoms with van der Waals surface area (Å²) in [6.07, 6.45) is 0.139. The first-order valence-electron chi connectivity index (χ1n) is 7.77. The van der Waals surface area contributed by atoms with Gasteiger partial charge in [0.05, 0.1) is 5.92 Å². The van der Waals surface area contributed by atoms with Crippen LogP contribution in [0, 0.1) is 5.92 Å². The van der Waals surface area contributed by atoms with E-state index in [2.05, 4.69) is 4.98 Å². The van der Waals surface area contributed by atoms with Gasteiger partial charge in [-0.05, 0) is 36.4 Å². The zero-order valence-electron chi connectivity index (χ0n) is 13.1. The van der Waals surface area contributed by atoms with Crippen LogP contribution < -0.4 is 10.6 Å². The highest BCUT2D eigenvalue weighted by Gasteiger charge is 2.34. The number of aromatic nitrogens is 1. The molecule has 1 atom stereocenters. The van der Waals surface area contributed by atoms with Crippen LogP contribution in [0.2, 0.25) is 5.02 Å². The number of carbonyl (C=O) groups is 2. The molecule has 0 saturated carbocycles. The molecule has 0 spiro atoms. The molecule has 1 fully saturated rings. The molecular weight excluding hydrogens is 342 g/mol. The number of amides is 2. The first kappa shape index (κ1) is 15.7. The predicted molar refractivity (Wildman–Crippen MR) is 94.1 cm³/mol. The molecule has 2 N–H and O–H groups in total. The second kappa shape index (κ2) is 5.89. The van der Waals surface area contributed by atoms with Crippen LogP contribution in [0.15, 0.2) is 46.9 Å². The molecule has 1 aliphatic rings. The van der Waals surface area contributed by atoms with Crippen LogP contribution >= 0.6 is 11.6 Å². The van der Waals surface area contributed by atoms with Gasteiger partial charge in [-0.3, -0.25) is 9.59 Å². The topological polar surface area (TPSA) is 89.4 Å². The molecule has 2 amide bonds. The maximum atomic E-state index is 12.1. The summed E-state index contributed by atoms with van der Waals surface area (Å²) in [4.78, 5) is 29.5. The molecule has 0 unspecified atom stereocenters. The molecule has 4 rings (SSSR count). The molecule has 0 aliphatic carbocycles. The van der Waals surface area contributed by atoms with E-state index in [1.807, 2.05) is 12.1 Å². The Balaban J connectivity index is 1.69. The number of oxazole rings is 1. The van der Waals surface area contributed by atoms with E-state index in [0.717, 1.165) is 5.56 Å². The number of fused-ring (bicyclic) bond motifs is 1. The van der Waals surface area contributed by atoms with Gasteiger partial charge >= 0.3 is 0 Å². The number of halogens is 1. The Morgan fingerprint density at radius 1 is 1.28 bits per heavy atom. The minimum Gasteiger partial charge on any atom is -0.436 e. The molecule has 3 aromatic rings. The minimum absolute atomic E-state index is 0.123. The van der Waals surface area contributed by atoms with Crippen molar-refractivity contribution in [3.63, 3.8) is 0 Å². The van der Waals surface area contributed by atoms with Gasteiger partial charge in [0, 0.05) is 29.2 Å². The SMILES string of the molecule is NC(=O)[C@@H]1CC(=O)N(c2ccc3oc(-c4cccc(Cl)c4)nc3c2)C1. The molecule has 1 aromatic heterocycles. The minimum atomic E-state index is -0.457. The number of carbonyl (C=O) groups excluding carboxylic acids is 2. The number of benzene rings is 2. The molecule has 1 saturated heterocycles. The molecule has 2 heterocycles. The van der Waals surface area contributed by atoms with E-state index in [1.54, 1.807) is 35.2 Å². The highest BCUT2D eigenvalue weighted by molar-refractivity contribution is 6.30.